The number of rotatable bonds is 0. The molecule has 0 spiro atoms. The van der Waals surface area contributed by atoms with Crippen molar-refractivity contribution in [1.82, 2.24) is 9.80 Å². The normalized spacial score (nSPS) is 21.1. The third kappa shape index (κ3) is 4.92. The van der Waals surface area contributed by atoms with E-state index in [9.17, 15) is 0 Å². The lowest BCUT2D eigenvalue weighted by Gasteiger charge is -2.20. The molecule has 80 valence electrons. The van der Waals surface area contributed by atoms with Gasteiger partial charge >= 0.3 is 0 Å². The summed E-state index contributed by atoms with van der Waals surface area (Å²) < 4.78 is 4.74. The van der Waals surface area contributed by atoms with Gasteiger partial charge in [0.15, 0.2) is 0 Å². The van der Waals surface area contributed by atoms with Crippen LogP contribution in [0.4, 0.5) is 0 Å². The maximum Gasteiger partial charge on any atom is 0.106 e. The van der Waals surface area contributed by atoms with Crippen LogP contribution in [0.25, 0.3) is 0 Å². The third-order valence-corrected chi connectivity index (χ3v) is 2.33. The predicted octanol–water partition coefficient (Wildman–Crippen LogP) is 1.99. The van der Waals surface area contributed by atoms with Crippen LogP contribution in [0, 0.1) is 0 Å². The fourth-order valence-corrected chi connectivity index (χ4v) is 1.41. The number of piperidine rings is 1. The first kappa shape index (κ1) is 11.1. The van der Waals surface area contributed by atoms with E-state index < -0.39 is 0 Å². The van der Waals surface area contributed by atoms with Crippen LogP contribution < -0.4 is 0 Å². The maximum absolute atomic E-state index is 4.74. The zero-order valence-corrected chi connectivity index (χ0v) is 9.15. The molecule has 0 saturated carbocycles. The molecular formula is C11H20N2O. The minimum absolute atomic E-state index is 1.32. The third-order valence-electron chi connectivity index (χ3n) is 2.33. The molecule has 0 bridgehead atoms. The van der Waals surface area contributed by atoms with E-state index in [0.29, 0.717) is 0 Å². The Balaban J connectivity index is 0.000000140. The van der Waals surface area contributed by atoms with Gasteiger partial charge in [-0.2, -0.15) is 0 Å². The molecule has 0 aromatic heterocycles. The highest BCUT2D eigenvalue weighted by molar-refractivity contribution is 4.89. The van der Waals surface area contributed by atoms with Gasteiger partial charge in [0.05, 0.1) is 0 Å². The summed E-state index contributed by atoms with van der Waals surface area (Å²) in [5.74, 6) is 0. The molecule has 0 radical (unpaired) electrons. The Morgan fingerprint density at radius 2 is 1.50 bits per heavy atom. The summed E-state index contributed by atoms with van der Waals surface area (Å²) in [5.41, 5.74) is 0. The van der Waals surface area contributed by atoms with Gasteiger partial charge in [0, 0.05) is 19.4 Å². The van der Waals surface area contributed by atoms with Crippen LogP contribution in [0.3, 0.4) is 0 Å². The first-order chi connectivity index (χ1) is 6.79. The zero-order valence-electron chi connectivity index (χ0n) is 9.15. The fraction of sp³-hybridized carbons (Fsp3) is 0.636. The van der Waals surface area contributed by atoms with Gasteiger partial charge in [-0.05, 0) is 33.0 Å². The topological polar surface area (TPSA) is 15.7 Å². The van der Waals surface area contributed by atoms with Crippen molar-refractivity contribution in [2.75, 3.05) is 27.2 Å². The average Bonchev–Trinajstić information content (AvgIpc) is 2.21. The second-order valence-corrected chi connectivity index (χ2v) is 3.74. The van der Waals surface area contributed by atoms with Crippen molar-refractivity contribution in [3.8, 4) is 0 Å². The number of ether oxygens (including phenoxy) is 1. The summed E-state index contributed by atoms with van der Waals surface area (Å²) in [5, 5.41) is 0. The van der Waals surface area contributed by atoms with Gasteiger partial charge in [0.2, 0.25) is 0 Å². The van der Waals surface area contributed by atoms with Gasteiger partial charge in [-0.3, -0.25) is 0 Å². The molecule has 2 heterocycles. The molecule has 0 amide bonds. The Bertz CT molecular complexity index is 183. The van der Waals surface area contributed by atoms with Crippen molar-refractivity contribution in [2.24, 2.45) is 0 Å². The van der Waals surface area contributed by atoms with Gasteiger partial charge in [0.1, 0.15) is 12.5 Å². The first-order valence-corrected chi connectivity index (χ1v) is 5.18. The summed E-state index contributed by atoms with van der Waals surface area (Å²) in [6.45, 7) is 2.64. The largest absolute Gasteiger partial charge is 0.470 e. The van der Waals surface area contributed by atoms with E-state index in [0.717, 1.165) is 0 Å². The molecule has 1 fully saturated rings. The van der Waals surface area contributed by atoms with E-state index in [2.05, 4.69) is 11.9 Å². The molecule has 3 nitrogen and oxygen atoms in total. The van der Waals surface area contributed by atoms with Gasteiger partial charge in [-0.25, -0.2) is 0 Å². The monoisotopic (exact) mass is 196 g/mol. The first-order valence-electron chi connectivity index (χ1n) is 5.18. The molecule has 2 rings (SSSR count). The van der Waals surface area contributed by atoms with Crippen molar-refractivity contribution in [1.29, 1.82) is 0 Å². The smallest absolute Gasteiger partial charge is 0.106 e. The standard InChI is InChI=1S/C6H13N.C5H7NO/c1-7-5-3-2-4-6-7;1-6-2-4-7-5-3-6/h2-6H2,1H3;2-5H,1H3. The van der Waals surface area contributed by atoms with Crippen LogP contribution in [0.15, 0.2) is 24.9 Å². The Labute approximate surface area is 86.6 Å². The maximum atomic E-state index is 4.74. The average molecular weight is 196 g/mol. The van der Waals surface area contributed by atoms with Crippen molar-refractivity contribution in [3.63, 3.8) is 0 Å². The van der Waals surface area contributed by atoms with Crippen LogP contribution in [0.1, 0.15) is 19.3 Å². The van der Waals surface area contributed by atoms with Gasteiger partial charge in [0.25, 0.3) is 0 Å². The molecule has 0 atom stereocenters. The lowest BCUT2D eigenvalue weighted by Crippen LogP contribution is -2.24. The molecule has 0 unspecified atom stereocenters. The summed E-state index contributed by atoms with van der Waals surface area (Å²) in [6.07, 6.45) is 11.2. The molecule has 0 N–H and O–H groups in total. The Morgan fingerprint density at radius 1 is 0.929 bits per heavy atom. The van der Waals surface area contributed by atoms with E-state index in [1.54, 1.807) is 12.5 Å². The minimum Gasteiger partial charge on any atom is -0.470 e. The van der Waals surface area contributed by atoms with E-state index in [4.69, 9.17) is 4.74 Å². The fourth-order valence-electron chi connectivity index (χ4n) is 1.41. The molecule has 2 aliphatic heterocycles. The molecule has 2 aliphatic rings. The number of hydrogen-bond acceptors (Lipinski definition) is 3. The SMILES string of the molecule is CN1C=COC=C1.CN1CCCCC1. The minimum atomic E-state index is 1.32. The highest BCUT2D eigenvalue weighted by atomic mass is 16.5. The molecular weight excluding hydrogens is 176 g/mol. The van der Waals surface area contributed by atoms with Crippen LogP contribution in [0.2, 0.25) is 0 Å². The van der Waals surface area contributed by atoms with Crippen LogP contribution >= 0.6 is 0 Å². The summed E-state index contributed by atoms with van der Waals surface area (Å²) in [6, 6.07) is 0. The molecule has 0 aliphatic carbocycles. The van der Waals surface area contributed by atoms with E-state index in [1.165, 1.54) is 32.4 Å². The Morgan fingerprint density at radius 3 is 1.79 bits per heavy atom. The highest BCUT2D eigenvalue weighted by Crippen LogP contribution is 2.04. The second kappa shape index (κ2) is 6.49. The van der Waals surface area contributed by atoms with E-state index >= 15 is 0 Å². The van der Waals surface area contributed by atoms with Crippen molar-refractivity contribution < 1.29 is 4.74 Å². The second-order valence-electron chi connectivity index (χ2n) is 3.74. The summed E-state index contributed by atoms with van der Waals surface area (Å²) >= 11 is 0. The summed E-state index contributed by atoms with van der Waals surface area (Å²) in [7, 11) is 4.13. The predicted molar refractivity (Wildman–Crippen MR) is 58.5 cm³/mol. The van der Waals surface area contributed by atoms with Crippen molar-refractivity contribution in [3.05, 3.63) is 24.9 Å². The van der Waals surface area contributed by atoms with Crippen LogP contribution in [-0.4, -0.2) is 37.0 Å². The number of nitrogens with zero attached hydrogens (tertiary/aromatic N) is 2. The molecule has 3 heteroatoms. The quantitative estimate of drug-likeness (QED) is 0.589. The molecule has 14 heavy (non-hydrogen) atoms. The highest BCUT2D eigenvalue weighted by Gasteiger charge is 2.02. The van der Waals surface area contributed by atoms with Crippen molar-refractivity contribution in [2.45, 2.75) is 19.3 Å². The lowest BCUT2D eigenvalue weighted by molar-refractivity contribution is 0.277. The molecule has 0 aromatic rings. The number of hydrogen-bond donors (Lipinski definition) is 0. The summed E-state index contributed by atoms with van der Waals surface area (Å²) in [4.78, 5) is 4.30. The zero-order chi connectivity index (χ0) is 10.2. The van der Waals surface area contributed by atoms with Gasteiger partial charge in [-0.15, -0.1) is 0 Å². The van der Waals surface area contributed by atoms with Crippen LogP contribution in [0.5, 0.6) is 0 Å². The Hall–Kier alpha value is -0.960. The Kier molecular flexibility index (Phi) is 5.15. The van der Waals surface area contributed by atoms with Gasteiger partial charge < -0.3 is 14.5 Å². The van der Waals surface area contributed by atoms with Crippen molar-refractivity contribution >= 4 is 0 Å². The van der Waals surface area contributed by atoms with E-state index in [-0.39, 0.29) is 0 Å². The lowest BCUT2D eigenvalue weighted by atomic mass is 10.1. The molecule has 0 aromatic carbocycles. The van der Waals surface area contributed by atoms with Crippen LogP contribution in [-0.2, 0) is 4.74 Å². The number of likely N-dealkylation sites (tertiary alicyclic amines) is 1. The van der Waals surface area contributed by atoms with Gasteiger partial charge in [-0.1, -0.05) is 6.42 Å². The molecule has 1 saturated heterocycles. The van der Waals surface area contributed by atoms with E-state index in [1.807, 2.05) is 24.3 Å².